The van der Waals surface area contributed by atoms with Gasteiger partial charge < -0.3 is 9.79 Å². The van der Waals surface area contributed by atoms with E-state index in [1.165, 1.54) is 0 Å². The van der Waals surface area contributed by atoms with Gasteiger partial charge in [-0.15, -0.1) is 0 Å². The summed E-state index contributed by atoms with van der Waals surface area (Å²) in [5, 5.41) is 0. The van der Waals surface area contributed by atoms with E-state index in [4.69, 9.17) is 21.4 Å². The van der Waals surface area contributed by atoms with E-state index in [1.807, 2.05) is 0 Å². The molecule has 0 aliphatic carbocycles. The molecule has 4 nitrogen and oxygen atoms in total. The van der Waals surface area contributed by atoms with Crippen molar-refractivity contribution in [2.24, 2.45) is 5.92 Å². The van der Waals surface area contributed by atoms with Gasteiger partial charge in [-0.05, 0) is 5.92 Å². The Balaban J connectivity index is 3.80. The molecule has 10 heavy (non-hydrogen) atoms. The molecule has 0 aliphatic heterocycles. The summed E-state index contributed by atoms with van der Waals surface area (Å²) in [5.74, 6) is -0.116. The van der Waals surface area contributed by atoms with Crippen molar-refractivity contribution in [3.63, 3.8) is 0 Å². The Labute approximate surface area is 64.4 Å². The van der Waals surface area contributed by atoms with Crippen molar-refractivity contribution >= 4 is 19.4 Å². The van der Waals surface area contributed by atoms with Crippen molar-refractivity contribution in [2.75, 3.05) is 0 Å². The van der Waals surface area contributed by atoms with Crippen LogP contribution in [0.3, 0.4) is 0 Å². The predicted octanol–water partition coefficient (Wildman–Crippen LogP) is 1.32. The number of hydrogen-bond donors (Lipinski definition) is 2. The monoisotopic (exact) mass is 188 g/mol. The third-order valence-corrected chi connectivity index (χ3v) is 1.98. The first-order chi connectivity index (χ1) is 4.33. The molecule has 0 aromatic heterocycles. The highest BCUT2D eigenvalue weighted by atomic mass is 35.5. The average molecular weight is 189 g/mol. The summed E-state index contributed by atoms with van der Waals surface area (Å²) < 4.78 is 14.3. The van der Waals surface area contributed by atoms with Crippen molar-refractivity contribution in [3.05, 3.63) is 0 Å². The van der Waals surface area contributed by atoms with Crippen LogP contribution in [0.2, 0.25) is 0 Å². The molecule has 0 rings (SSSR count). The summed E-state index contributed by atoms with van der Waals surface area (Å²) in [6.45, 7) is 3.40. The Kier molecular flexibility index (Phi) is 3.84. The number of rotatable bonds is 3. The molecule has 0 fully saturated rings. The molecule has 0 spiro atoms. The zero-order valence-corrected chi connectivity index (χ0v) is 7.34. The minimum atomic E-state index is -4.41. The third-order valence-electron chi connectivity index (χ3n) is 0.762. The van der Waals surface area contributed by atoms with Gasteiger partial charge in [0.15, 0.2) is 0 Å². The van der Waals surface area contributed by atoms with Gasteiger partial charge in [0, 0.05) is 0 Å². The first-order valence-corrected chi connectivity index (χ1v) is 4.67. The van der Waals surface area contributed by atoms with Gasteiger partial charge in [0.2, 0.25) is 0 Å². The Morgan fingerprint density at radius 2 is 1.90 bits per heavy atom. The highest BCUT2D eigenvalue weighted by molar-refractivity contribution is 7.46. The fourth-order valence-electron chi connectivity index (χ4n) is 0.253. The van der Waals surface area contributed by atoms with E-state index in [9.17, 15) is 4.57 Å². The van der Waals surface area contributed by atoms with Crippen LogP contribution in [0.4, 0.5) is 0 Å². The topological polar surface area (TPSA) is 66.8 Å². The molecule has 1 unspecified atom stereocenters. The zero-order valence-electron chi connectivity index (χ0n) is 5.69. The van der Waals surface area contributed by atoms with Crippen molar-refractivity contribution in [2.45, 2.75) is 19.4 Å². The van der Waals surface area contributed by atoms with Crippen LogP contribution in [0.1, 0.15) is 13.8 Å². The molecule has 1 atom stereocenters. The normalized spacial score (nSPS) is 15.8. The standard InChI is InChI=1S/C4H10ClO4P/c1-3(2)4(5)9-10(6,7)8/h3-4H,1-2H3,(H2,6,7,8). The Morgan fingerprint density at radius 3 is 2.00 bits per heavy atom. The Hall–Kier alpha value is 0.400. The van der Waals surface area contributed by atoms with Crippen LogP contribution in [0.5, 0.6) is 0 Å². The highest BCUT2D eigenvalue weighted by Crippen LogP contribution is 2.39. The second-order valence-electron chi connectivity index (χ2n) is 2.19. The lowest BCUT2D eigenvalue weighted by molar-refractivity contribution is 0.152. The van der Waals surface area contributed by atoms with Gasteiger partial charge in [0.1, 0.15) is 5.56 Å². The molecule has 0 saturated carbocycles. The summed E-state index contributed by atoms with van der Waals surface area (Å²) in [6.07, 6.45) is 0. The van der Waals surface area contributed by atoms with Crippen LogP contribution >= 0.6 is 19.4 Å². The Morgan fingerprint density at radius 1 is 1.50 bits per heavy atom. The van der Waals surface area contributed by atoms with Crippen LogP contribution in [0.15, 0.2) is 0 Å². The molecule has 0 aliphatic rings. The summed E-state index contributed by atoms with van der Waals surface area (Å²) >= 11 is 5.39. The van der Waals surface area contributed by atoms with Gasteiger partial charge >= 0.3 is 7.82 Å². The van der Waals surface area contributed by atoms with Crippen molar-refractivity contribution in [1.29, 1.82) is 0 Å². The highest BCUT2D eigenvalue weighted by Gasteiger charge is 2.22. The van der Waals surface area contributed by atoms with Gasteiger partial charge in [-0.1, -0.05) is 25.4 Å². The van der Waals surface area contributed by atoms with E-state index >= 15 is 0 Å². The van der Waals surface area contributed by atoms with Gasteiger partial charge in [-0.25, -0.2) is 4.57 Å². The second-order valence-corrected chi connectivity index (χ2v) is 3.81. The van der Waals surface area contributed by atoms with Crippen molar-refractivity contribution in [1.82, 2.24) is 0 Å². The molecule has 0 aromatic rings. The van der Waals surface area contributed by atoms with Gasteiger partial charge in [0.05, 0.1) is 0 Å². The molecule has 0 aromatic carbocycles. The van der Waals surface area contributed by atoms with E-state index in [-0.39, 0.29) is 5.92 Å². The van der Waals surface area contributed by atoms with Gasteiger partial charge in [0.25, 0.3) is 0 Å². The lowest BCUT2D eigenvalue weighted by Crippen LogP contribution is -2.10. The van der Waals surface area contributed by atoms with Crippen LogP contribution in [0, 0.1) is 5.92 Å². The number of phosphoric acid groups is 1. The van der Waals surface area contributed by atoms with E-state index in [0.29, 0.717) is 0 Å². The molecular formula is C4H10ClO4P. The quantitative estimate of drug-likeness (QED) is 0.518. The summed E-state index contributed by atoms with van der Waals surface area (Å²) in [4.78, 5) is 16.5. The number of halogens is 1. The average Bonchev–Trinajstić information content (AvgIpc) is 1.60. The summed E-state index contributed by atoms with van der Waals surface area (Å²) in [7, 11) is -4.41. The lowest BCUT2D eigenvalue weighted by Gasteiger charge is -2.13. The number of phosphoric ester groups is 1. The number of hydrogen-bond acceptors (Lipinski definition) is 2. The van der Waals surface area contributed by atoms with Crippen LogP contribution in [0.25, 0.3) is 0 Å². The molecular weight excluding hydrogens is 178 g/mol. The van der Waals surface area contributed by atoms with Gasteiger partial charge in [-0.2, -0.15) is 0 Å². The smallest absolute Gasteiger partial charge is 0.303 e. The minimum Gasteiger partial charge on any atom is -0.303 e. The maximum absolute atomic E-state index is 10.1. The van der Waals surface area contributed by atoms with E-state index < -0.39 is 13.4 Å². The fourth-order valence-corrected chi connectivity index (χ4v) is 1.07. The molecule has 0 bridgehead atoms. The lowest BCUT2D eigenvalue weighted by atomic mass is 10.2. The SMILES string of the molecule is CC(C)C(Cl)OP(=O)(O)O. The van der Waals surface area contributed by atoms with E-state index in [1.54, 1.807) is 13.8 Å². The van der Waals surface area contributed by atoms with E-state index in [0.717, 1.165) is 0 Å². The molecule has 2 N–H and O–H groups in total. The van der Waals surface area contributed by atoms with Crippen LogP contribution in [-0.4, -0.2) is 15.3 Å². The summed E-state index contributed by atoms with van der Waals surface area (Å²) in [5.41, 5.74) is -0.930. The summed E-state index contributed by atoms with van der Waals surface area (Å²) in [6, 6.07) is 0. The molecule has 62 valence electrons. The van der Waals surface area contributed by atoms with E-state index in [2.05, 4.69) is 4.52 Å². The van der Waals surface area contributed by atoms with Gasteiger partial charge in [-0.3, -0.25) is 4.52 Å². The molecule has 0 saturated heterocycles. The maximum atomic E-state index is 10.1. The molecule has 0 heterocycles. The van der Waals surface area contributed by atoms with Crippen LogP contribution in [-0.2, 0) is 9.09 Å². The molecule has 0 radical (unpaired) electrons. The largest absolute Gasteiger partial charge is 0.471 e. The van der Waals surface area contributed by atoms with Crippen LogP contribution < -0.4 is 0 Å². The predicted molar refractivity (Wildman–Crippen MR) is 37.6 cm³/mol. The second kappa shape index (κ2) is 3.69. The maximum Gasteiger partial charge on any atom is 0.471 e. The first-order valence-electron chi connectivity index (χ1n) is 2.71. The fraction of sp³-hybridized carbons (Fsp3) is 1.00. The zero-order chi connectivity index (χ0) is 8.36. The Bertz CT molecular complexity index is 142. The van der Waals surface area contributed by atoms with Crippen molar-refractivity contribution < 1.29 is 18.9 Å². The number of alkyl halides is 1. The first kappa shape index (κ1) is 10.4. The third kappa shape index (κ3) is 5.21. The van der Waals surface area contributed by atoms with Crippen molar-refractivity contribution in [3.8, 4) is 0 Å². The molecule has 0 amide bonds. The molecule has 6 heteroatoms. The minimum absolute atomic E-state index is 0.116.